The molecule has 0 saturated carbocycles. The Morgan fingerprint density at radius 3 is 2.85 bits per heavy atom. The largest absolute Gasteiger partial charge is 0.290 e. The summed E-state index contributed by atoms with van der Waals surface area (Å²) in [7, 11) is 0. The first-order chi connectivity index (χ1) is 6.34. The molecule has 72 valence electrons. The van der Waals surface area contributed by atoms with Gasteiger partial charge in [-0.15, -0.1) is 0 Å². The molecule has 0 atom stereocenters. The standard InChI is InChI=1S/C12H18O/c1-2-3-4-5-6-8-11-9-7-10-12(11)13/h7-8,10H,2-6,9H2,1H3/b11-8+. The van der Waals surface area contributed by atoms with Crippen molar-refractivity contribution in [1.82, 2.24) is 0 Å². The van der Waals surface area contributed by atoms with Crippen molar-refractivity contribution in [2.45, 2.75) is 45.4 Å². The second-order valence-corrected chi connectivity index (χ2v) is 3.55. The highest BCUT2D eigenvalue weighted by Gasteiger charge is 2.08. The van der Waals surface area contributed by atoms with E-state index in [-0.39, 0.29) is 5.78 Å². The maximum atomic E-state index is 11.1. The summed E-state index contributed by atoms with van der Waals surface area (Å²) >= 11 is 0. The van der Waals surface area contributed by atoms with Crippen molar-refractivity contribution in [2.75, 3.05) is 0 Å². The minimum atomic E-state index is 0.218. The van der Waals surface area contributed by atoms with Crippen LogP contribution in [0.1, 0.15) is 45.4 Å². The van der Waals surface area contributed by atoms with Crippen molar-refractivity contribution in [1.29, 1.82) is 0 Å². The number of carbonyl (C=O) groups is 1. The third kappa shape index (κ3) is 3.58. The van der Waals surface area contributed by atoms with Crippen LogP contribution in [-0.4, -0.2) is 5.78 Å². The fraction of sp³-hybridized carbons (Fsp3) is 0.583. The van der Waals surface area contributed by atoms with Crippen LogP contribution in [0, 0.1) is 0 Å². The summed E-state index contributed by atoms with van der Waals surface area (Å²) in [5, 5.41) is 0. The number of carbonyl (C=O) groups excluding carboxylic acids is 1. The van der Waals surface area contributed by atoms with E-state index >= 15 is 0 Å². The molecule has 1 heteroatoms. The van der Waals surface area contributed by atoms with Crippen LogP contribution >= 0.6 is 0 Å². The molecule has 0 fully saturated rings. The number of hydrogen-bond donors (Lipinski definition) is 0. The number of hydrogen-bond acceptors (Lipinski definition) is 1. The van der Waals surface area contributed by atoms with E-state index < -0.39 is 0 Å². The average Bonchev–Trinajstić information content (AvgIpc) is 2.52. The molecule has 0 aliphatic heterocycles. The molecule has 1 aliphatic rings. The van der Waals surface area contributed by atoms with Crippen LogP contribution in [0.4, 0.5) is 0 Å². The Labute approximate surface area is 80.5 Å². The SMILES string of the molecule is CCCCCC/C=C1\CC=CC1=O. The molecule has 0 aromatic rings. The Hall–Kier alpha value is -0.850. The molecule has 0 heterocycles. The van der Waals surface area contributed by atoms with Gasteiger partial charge in [0.15, 0.2) is 5.78 Å². The van der Waals surface area contributed by atoms with Gasteiger partial charge in [-0.05, 0) is 30.9 Å². The summed E-state index contributed by atoms with van der Waals surface area (Å²) in [5.74, 6) is 0.218. The van der Waals surface area contributed by atoms with Crippen LogP contribution in [0.25, 0.3) is 0 Å². The lowest BCUT2D eigenvalue weighted by Gasteiger charge is -1.96. The van der Waals surface area contributed by atoms with Crippen molar-refractivity contribution in [3.05, 3.63) is 23.8 Å². The highest BCUT2D eigenvalue weighted by atomic mass is 16.1. The molecule has 0 aromatic carbocycles. The second kappa shape index (κ2) is 5.74. The molecular formula is C12H18O. The zero-order valence-electron chi connectivity index (χ0n) is 8.38. The molecule has 0 spiro atoms. The fourth-order valence-electron chi connectivity index (χ4n) is 1.53. The van der Waals surface area contributed by atoms with Crippen molar-refractivity contribution in [2.24, 2.45) is 0 Å². The minimum Gasteiger partial charge on any atom is -0.290 e. The van der Waals surface area contributed by atoms with Crippen molar-refractivity contribution in [3.8, 4) is 0 Å². The predicted molar refractivity (Wildman–Crippen MR) is 55.6 cm³/mol. The second-order valence-electron chi connectivity index (χ2n) is 3.55. The van der Waals surface area contributed by atoms with E-state index in [2.05, 4.69) is 13.0 Å². The van der Waals surface area contributed by atoms with E-state index in [1.165, 1.54) is 25.7 Å². The quantitative estimate of drug-likeness (QED) is 0.465. The van der Waals surface area contributed by atoms with Crippen LogP contribution in [0.2, 0.25) is 0 Å². The Bertz CT molecular complexity index is 223. The monoisotopic (exact) mass is 178 g/mol. The highest BCUT2D eigenvalue weighted by molar-refractivity contribution is 6.06. The van der Waals surface area contributed by atoms with Gasteiger partial charge in [-0.3, -0.25) is 4.79 Å². The van der Waals surface area contributed by atoms with E-state index in [1.807, 2.05) is 6.08 Å². The topological polar surface area (TPSA) is 17.1 Å². The Morgan fingerprint density at radius 1 is 1.38 bits per heavy atom. The van der Waals surface area contributed by atoms with E-state index in [0.717, 1.165) is 18.4 Å². The van der Waals surface area contributed by atoms with Crippen LogP contribution < -0.4 is 0 Å². The Kier molecular flexibility index (Phi) is 4.52. The fourth-order valence-corrected chi connectivity index (χ4v) is 1.53. The van der Waals surface area contributed by atoms with Gasteiger partial charge in [0.1, 0.15) is 0 Å². The molecule has 0 aromatic heterocycles. The maximum Gasteiger partial charge on any atom is 0.181 e. The number of ketones is 1. The minimum absolute atomic E-state index is 0.218. The number of allylic oxidation sites excluding steroid dienone is 4. The first kappa shape index (κ1) is 10.2. The van der Waals surface area contributed by atoms with Gasteiger partial charge < -0.3 is 0 Å². The Morgan fingerprint density at radius 2 is 2.23 bits per heavy atom. The summed E-state index contributed by atoms with van der Waals surface area (Å²) < 4.78 is 0. The van der Waals surface area contributed by atoms with Crippen LogP contribution in [0.3, 0.4) is 0 Å². The molecule has 0 N–H and O–H groups in total. The molecule has 0 bridgehead atoms. The van der Waals surface area contributed by atoms with E-state index in [9.17, 15) is 4.79 Å². The van der Waals surface area contributed by atoms with Gasteiger partial charge in [-0.2, -0.15) is 0 Å². The van der Waals surface area contributed by atoms with Gasteiger partial charge in [-0.25, -0.2) is 0 Å². The van der Waals surface area contributed by atoms with Crippen molar-refractivity contribution < 1.29 is 4.79 Å². The normalized spacial score (nSPS) is 18.8. The lowest BCUT2D eigenvalue weighted by atomic mass is 10.1. The van der Waals surface area contributed by atoms with Crippen LogP contribution in [0.15, 0.2) is 23.8 Å². The third-order valence-corrected chi connectivity index (χ3v) is 2.37. The summed E-state index contributed by atoms with van der Waals surface area (Å²) in [6.07, 6.45) is 12.8. The van der Waals surface area contributed by atoms with Gasteiger partial charge in [0.25, 0.3) is 0 Å². The molecule has 1 aliphatic carbocycles. The predicted octanol–water partition coefficient (Wildman–Crippen LogP) is 3.41. The molecule has 13 heavy (non-hydrogen) atoms. The first-order valence-electron chi connectivity index (χ1n) is 5.24. The van der Waals surface area contributed by atoms with E-state index in [0.29, 0.717) is 0 Å². The molecule has 0 amide bonds. The van der Waals surface area contributed by atoms with Gasteiger partial charge in [0, 0.05) is 0 Å². The molecule has 1 nitrogen and oxygen atoms in total. The average molecular weight is 178 g/mol. The lowest BCUT2D eigenvalue weighted by Crippen LogP contribution is -1.90. The molecule has 0 saturated heterocycles. The van der Waals surface area contributed by atoms with Crippen LogP contribution in [0.5, 0.6) is 0 Å². The number of unbranched alkanes of at least 4 members (excludes halogenated alkanes) is 4. The lowest BCUT2D eigenvalue weighted by molar-refractivity contribution is -0.111. The molecule has 0 unspecified atom stereocenters. The summed E-state index contributed by atoms with van der Waals surface area (Å²) in [6, 6.07) is 0. The van der Waals surface area contributed by atoms with Crippen molar-refractivity contribution in [3.63, 3.8) is 0 Å². The van der Waals surface area contributed by atoms with Gasteiger partial charge >= 0.3 is 0 Å². The highest BCUT2D eigenvalue weighted by Crippen LogP contribution is 2.14. The molecule has 0 radical (unpaired) electrons. The van der Waals surface area contributed by atoms with Gasteiger partial charge in [0.2, 0.25) is 0 Å². The third-order valence-electron chi connectivity index (χ3n) is 2.37. The van der Waals surface area contributed by atoms with Gasteiger partial charge in [0.05, 0.1) is 0 Å². The Balaban J connectivity index is 2.14. The zero-order chi connectivity index (χ0) is 9.52. The zero-order valence-corrected chi connectivity index (χ0v) is 8.38. The van der Waals surface area contributed by atoms with E-state index in [1.54, 1.807) is 6.08 Å². The first-order valence-corrected chi connectivity index (χ1v) is 5.24. The maximum absolute atomic E-state index is 11.1. The number of rotatable bonds is 5. The van der Waals surface area contributed by atoms with E-state index in [4.69, 9.17) is 0 Å². The van der Waals surface area contributed by atoms with Crippen molar-refractivity contribution >= 4 is 5.78 Å². The molecule has 1 rings (SSSR count). The summed E-state index contributed by atoms with van der Waals surface area (Å²) in [5.41, 5.74) is 0.997. The van der Waals surface area contributed by atoms with Crippen LogP contribution in [-0.2, 0) is 4.79 Å². The summed E-state index contributed by atoms with van der Waals surface area (Å²) in [6.45, 7) is 2.21. The van der Waals surface area contributed by atoms with Gasteiger partial charge in [-0.1, -0.05) is 38.3 Å². The summed E-state index contributed by atoms with van der Waals surface area (Å²) in [4.78, 5) is 11.1. The smallest absolute Gasteiger partial charge is 0.181 e. The molecular weight excluding hydrogens is 160 g/mol.